The molecule has 5 nitrogen and oxygen atoms in total. The molecule has 1 heterocycles. The molecule has 142 valence electrons. The van der Waals surface area contributed by atoms with Crippen LogP contribution in [0.15, 0.2) is 28.8 Å². The maximum Gasteiger partial charge on any atom is 0.406 e. The summed E-state index contributed by atoms with van der Waals surface area (Å²) in [6.07, 6.45) is -3.38. The maximum atomic E-state index is 12.9. The van der Waals surface area contributed by atoms with Gasteiger partial charge in [0.1, 0.15) is 12.4 Å². The third kappa shape index (κ3) is 6.12. The summed E-state index contributed by atoms with van der Waals surface area (Å²) in [5.74, 6) is -0.650. The third-order valence-electron chi connectivity index (χ3n) is 3.63. The molecule has 0 radical (unpaired) electrons. The van der Waals surface area contributed by atoms with Gasteiger partial charge in [0.15, 0.2) is 0 Å². The molecule has 2 aromatic rings. The fourth-order valence-corrected chi connectivity index (χ4v) is 2.30. The van der Waals surface area contributed by atoms with Gasteiger partial charge >= 0.3 is 6.18 Å². The first-order chi connectivity index (χ1) is 12.3. The van der Waals surface area contributed by atoms with E-state index in [0.717, 1.165) is 4.90 Å². The lowest BCUT2D eigenvalue weighted by molar-refractivity contribution is -0.161. The average Bonchev–Trinajstić information content (AvgIpc) is 3.05. The van der Waals surface area contributed by atoms with Crippen molar-refractivity contribution in [2.45, 2.75) is 38.8 Å². The van der Waals surface area contributed by atoms with Gasteiger partial charge in [0.25, 0.3) is 0 Å². The van der Waals surface area contributed by atoms with Crippen LogP contribution in [-0.2, 0) is 11.2 Å². The van der Waals surface area contributed by atoms with Crippen molar-refractivity contribution in [3.8, 4) is 11.4 Å². The molecule has 0 saturated carbocycles. The molecule has 0 fully saturated rings. The Hall–Kier alpha value is -2.45. The molecule has 0 unspecified atom stereocenters. The average molecular weight is 373 g/mol. The van der Waals surface area contributed by atoms with Crippen LogP contribution < -0.4 is 0 Å². The van der Waals surface area contributed by atoms with Crippen molar-refractivity contribution < 1.29 is 26.9 Å². The number of aromatic nitrogens is 2. The fourth-order valence-electron chi connectivity index (χ4n) is 2.30. The number of carbonyl (C=O) groups is 1. The number of aryl methyl sites for hydroxylation is 1. The van der Waals surface area contributed by atoms with E-state index in [1.165, 1.54) is 24.3 Å². The molecule has 0 aliphatic carbocycles. The van der Waals surface area contributed by atoms with Crippen molar-refractivity contribution >= 4 is 5.91 Å². The second kappa shape index (κ2) is 8.77. The summed E-state index contributed by atoms with van der Waals surface area (Å²) in [4.78, 5) is 17.0. The molecule has 0 saturated heterocycles. The highest BCUT2D eigenvalue weighted by atomic mass is 19.4. The highest BCUT2D eigenvalue weighted by Gasteiger charge is 2.32. The van der Waals surface area contributed by atoms with E-state index in [0.29, 0.717) is 18.4 Å². The summed E-state index contributed by atoms with van der Waals surface area (Å²) in [6, 6.07) is 5.45. The molecule has 0 bridgehead atoms. The van der Waals surface area contributed by atoms with E-state index in [4.69, 9.17) is 4.52 Å². The van der Waals surface area contributed by atoms with E-state index in [1.807, 2.05) is 6.92 Å². The number of amides is 1. The van der Waals surface area contributed by atoms with Gasteiger partial charge in [-0.15, -0.1) is 0 Å². The molecule has 0 N–H and O–H groups in total. The number of alkyl halides is 3. The second-order valence-electron chi connectivity index (χ2n) is 5.80. The zero-order chi connectivity index (χ0) is 19.2. The SMILES string of the molecule is CCCCN(CC(F)(F)F)C(=O)CCc1nc(-c2ccc(F)cc2)no1. The Morgan fingerprint density at radius 2 is 1.92 bits per heavy atom. The summed E-state index contributed by atoms with van der Waals surface area (Å²) in [7, 11) is 0. The molecule has 1 amide bonds. The molecule has 26 heavy (non-hydrogen) atoms. The Kier molecular flexibility index (Phi) is 6.70. The van der Waals surface area contributed by atoms with E-state index >= 15 is 0 Å². The lowest BCUT2D eigenvalue weighted by Gasteiger charge is -2.23. The van der Waals surface area contributed by atoms with Gasteiger partial charge in [-0.2, -0.15) is 18.2 Å². The van der Waals surface area contributed by atoms with Gasteiger partial charge in [-0.05, 0) is 30.7 Å². The smallest absolute Gasteiger partial charge is 0.339 e. The summed E-state index contributed by atoms with van der Waals surface area (Å²) in [5, 5.41) is 3.73. The number of unbranched alkanes of at least 4 members (excludes halogenated alkanes) is 1. The fraction of sp³-hybridized carbons (Fsp3) is 0.471. The van der Waals surface area contributed by atoms with E-state index in [-0.39, 0.29) is 31.1 Å². The van der Waals surface area contributed by atoms with Crippen LogP contribution in [0.4, 0.5) is 17.6 Å². The molecule has 0 aliphatic rings. The Morgan fingerprint density at radius 1 is 1.23 bits per heavy atom. The van der Waals surface area contributed by atoms with E-state index in [2.05, 4.69) is 10.1 Å². The Morgan fingerprint density at radius 3 is 2.54 bits per heavy atom. The lowest BCUT2D eigenvalue weighted by atomic mass is 10.2. The summed E-state index contributed by atoms with van der Waals surface area (Å²) in [6.45, 7) is 0.627. The van der Waals surface area contributed by atoms with Gasteiger partial charge in [0.2, 0.25) is 17.6 Å². The van der Waals surface area contributed by atoms with Crippen LogP contribution in [0, 0.1) is 5.82 Å². The summed E-state index contributed by atoms with van der Waals surface area (Å²) < 4.78 is 55.8. The van der Waals surface area contributed by atoms with Crippen LogP contribution in [0.5, 0.6) is 0 Å². The quantitative estimate of drug-likeness (QED) is 0.657. The predicted molar refractivity (Wildman–Crippen MR) is 85.6 cm³/mol. The van der Waals surface area contributed by atoms with Gasteiger partial charge in [-0.25, -0.2) is 4.39 Å². The van der Waals surface area contributed by atoms with Gasteiger partial charge < -0.3 is 9.42 Å². The number of hydrogen-bond acceptors (Lipinski definition) is 4. The van der Waals surface area contributed by atoms with Crippen molar-refractivity contribution in [3.05, 3.63) is 36.0 Å². The van der Waals surface area contributed by atoms with E-state index in [9.17, 15) is 22.4 Å². The molecule has 0 aliphatic heterocycles. The van der Waals surface area contributed by atoms with Crippen LogP contribution in [-0.4, -0.2) is 40.2 Å². The van der Waals surface area contributed by atoms with E-state index in [1.54, 1.807) is 0 Å². The third-order valence-corrected chi connectivity index (χ3v) is 3.63. The predicted octanol–water partition coefficient (Wildman–Crippen LogP) is 4.00. The molecule has 0 atom stereocenters. The molecule has 1 aromatic heterocycles. The van der Waals surface area contributed by atoms with Gasteiger partial charge in [-0.3, -0.25) is 4.79 Å². The minimum Gasteiger partial charge on any atom is -0.339 e. The minimum atomic E-state index is -4.44. The Bertz CT molecular complexity index is 714. The van der Waals surface area contributed by atoms with Crippen LogP contribution >= 0.6 is 0 Å². The normalized spacial score (nSPS) is 11.6. The van der Waals surface area contributed by atoms with Gasteiger partial charge in [0.05, 0.1) is 0 Å². The van der Waals surface area contributed by atoms with Crippen molar-refractivity contribution in [3.63, 3.8) is 0 Å². The molecule has 1 aromatic carbocycles. The first kappa shape index (κ1) is 19.9. The van der Waals surface area contributed by atoms with Crippen LogP contribution in [0.1, 0.15) is 32.1 Å². The zero-order valence-corrected chi connectivity index (χ0v) is 14.2. The number of hydrogen-bond donors (Lipinski definition) is 0. The maximum absolute atomic E-state index is 12.9. The minimum absolute atomic E-state index is 0.0352. The largest absolute Gasteiger partial charge is 0.406 e. The van der Waals surface area contributed by atoms with Crippen molar-refractivity contribution in [1.82, 2.24) is 15.0 Å². The van der Waals surface area contributed by atoms with Crippen LogP contribution in [0.25, 0.3) is 11.4 Å². The number of rotatable bonds is 8. The monoisotopic (exact) mass is 373 g/mol. The van der Waals surface area contributed by atoms with Gasteiger partial charge in [-0.1, -0.05) is 18.5 Å². The van der Waals surface area contributed by atoms with Crippen LogP contribution in [0.3, 0.4) is 0 Å². The number of benzene rings is 1. The zero-order valence-electron chi connectivity index (χ0n) is 14.2. The van der Waals surface area contributed by atoms with Crippen molar-refractivity contribution in [1.29, 1.82) is 0 Å². The summed E-state index contributed by atoms with van der Waals surface area (Å²) in [5.41, 5.74) is 0.536. The van der Waals surface area contributed by atoms with Crippen LogP contribution in [0.2, 0.25) is 0 Å². The van der Waals surface area contributed by atoms with E-state index < -0.39 is 24.4 Å². The number of carbonyl (C=O) groups excluding carboxylic acids is 1. The lowest BCUT2D eigenvalue weighted by Crippen LogP contribution is -2.39. The van der Waals surface area contributed by atoms with Gasteiger partial charge in [0, 0.05) is 24.9 Å². The standard InChI is InChI=1S/C17H19F4N3O2/c1-2-3-10-24(11-17(19,20)21)15(25)9-8-14-22-16(23-26-14)12-4-6-13(18)7-5-12/h4-7H,2-3,8-11H2,1H3. The molecule has 9 heteroatoms. The highest BCUT2D eigenvalue weighted by molar-refractivity contribution is 5.76. The first-order valence-corrected chi connectivity index (χ1v) is 8.21. The Labute approximate surface area is 148 Å². The van der Waals surface area contributed by atoms with Crippen molar-refractivity contribution in [2.24, 2.45) is 0 Å². The topological polar surface area (TPSA) is 59.2 Å². The number of nitrogens with zero attached hydrogens (tertiary/aromatic N) is 3. The molecular weight excluding hydrogens is 354 g/mol. The summed E-state index contributed by atoms with van der Waals surface area (Å²) >= 11 is 0. The molecule has 0 spiro atoms. The number of halogens is 4. The molecule has 2 rings (SSSR count). The molecular formula is C17H19F4N3O2. The highest BCUT2D eigenvalue weighted by Crippen LogP contribution is 2.19. The Balaban J connectivity index is 1.95. The van der Waals surface area contributed by atoms with Crippen molar-refractivity contribution in [2.75, 3.05) is 13.1 Å². The first-order valence-electron chi connectivity index (χ1n) is 8.21. The second-order valence-corrected chi connectivity index (χ2v) is 5.80.